The van der Waals surface area contributed by atoms with Crippen molar-refractivity contribution in [2.24, 2.45) is 5.10 Å². The van der Waals surface area contributed by atoms with E-state index in [0.29, 0.717) is 17.1 Å². The zero-order valence-electron chi connectivity index (χ0n) is 8.74. The molecular weight excluding hydrogens is 233 g/mol. The Bertz CT molecular complexity index is 454. The molecule has 0 radical (unpaired) electrons. The van der Waals surface area contributed by atoms with Gasteiger partial charge in [-0.3, -0.25) is 4.79 Å². The molecule has 6 heteroatoms. The predicted octanol–water partition coefficient (Wildman–Crippen LogP) is 2.19. The molecule has 0 saturated heterocycles. The topological polar surface area (TPSA) is 32.7 Å². The number of carbonyl (C=O) groups is 1. The maximum absolute atomic E-state index is 12.2. The molecule has 0 spiro atoms. The predicted molar refractivity (Wildman–Crippen MR) is 55.4 cm³/mol. The van der Waals surface area contributed by atoms with E-state index in [0.717, 1.165) is 5.56 Å². The van der Waals surface area contributed by atoms with Gasteiger partial charge in [-0.15, -0.1) is 0 Å². The van der Waals surface area contributed by atoms with Crippen molar-refractivity contribution >= 4 is 11.6 Å². The van der Waals surface area contributed by atoms with Gasteiger partial charge in [-0.05, 0) is 5.56 Å². The molecule has 17 heavy (non-hydrogen) atoms. The Hall–Kier alpha value is -1.85. The molecule has 90 valence electrons. The molecule has 0 aromatic heterocycles. The minimum atomic E-state index is -4.87. The number of hydrazone groups is 1. The molecule has 1 heterocycles. The second kappa shape index (κ2) is 4.20. The van der Waals surface area contributed by atoms with Gasteiger partial charge in [-0.25, -0.2) is 5.01 Å². The Morgan fingerprint density at radius 1 is 1.24 bits per heavy atom. The summed E-state index contributed by atoms with van der Waals surface area (Å²) in [5.74, 6) is -1.91. The molecule has 1 aliphatic heterocycles. The number of amides is 1. The zero-order chi connectivity index (χ0) is 12.5. The lowest BCUT2D eigenvalue weighted by Crippen LogP contribution is -2.36. The number of halogens is 3. The number of rotatable bonds is 1. The van der Waals surface area contributed by atoms with Crippen LogP contribution < -0.4 is 0 Å². The van der Waals surface area contributed by atoms with Crippen LogP contribution in [0, 0.1) is 0 Å². The van der Waals surface area contributed by atoms with Crippen LogP contribution in [0.2, 0.25) is 0 Å². The van der Waals surface area contributed by atoms with Gasteiger partial charge in [0.05, 0.1) is 12.3 Å². The monoisotopic (exact) mass is 242 g/mol. The SMILES string of the molecule is O=C(N1CCC(c2ccccc2)=N1)C(F)(F)F. The van der Waals surface area contributed by atoms with Crippen molar-refractivity contribution in [2.45, 2.75) is 12.6 Å². The lowest BCUT2D eigenvalue weighted by molar-refractivity contribution is -0.184. The molecule has 0 fully saturated rings. The third-order valence-corrected chi connectivity index (χ3v) is 2.39. The minimum Gasteiger partial charge on any atom is -0.262 e. The van der Waals surface area contributed by atoms with E-state index in [9.17, 15) is 18.0 Å². The average molecular weight is 242 g/mol. The van der Waals surface area contributed by atoms with Crippen molar-refractivity contribution in [1.82, 2.24) is 5.01 Å². The highest BCUT2D eigenvalue weighted by atomic mass is 19.4. The summed E-state index contributed by atoms with van der Waals surface area (Å²) in [6.45, 7) is -0.0252. The van der Waals surface area contributed by atoms with E-state index in [1.54, 1.807) is 30.3 Å². The van der Waals surface area contributed by atoms with Gasteiger partial charge >= 0.3 is 12.1 Å². The normalized spacial score (nSPS) is 15.9. The van der Waals surface area contributed by atoms with Crippen LogP contribution >= 0.6 is 0 Å². The van der Waals surface area contributed by atoms with Crippen LogP contribution in [-0.2, 0) is 4.79 Å². The fraction of sp³-hybridized carbons (Fsp3) is 0.273. The van der Waals surface area contributed by atoms with Crippen LogP contribution in [0.4, 0.5) is 13.2 Å². The van der Waals surface area contributed by atoms with Crippen LogP contribution in [0.1, 0.15) is 12.0 Å². The summed E-state index contributed by atoms with van der Waals surface area (Å²) < 4.78 is 36.5. The van der Waals surface area contributed by atoms with Gasteiger partial charge in [-0.2, -0.15) is 18.3 Å². The van der Waals surface area contributed by atoms with E-state index in [1.807, 2.05) is 0 Å². The minimum absolute atomic E-state index is 0.0252. The summed E-state index contributed by atoms with van der Waals surface area (Å²) in [4.78, 5) is 10.9. The maximum Gasteiger partial charge on any atom is 0.473 e. The zero-order valence-corrected chi connectivity index (χ0v) is 8.74. The van der Waals surface area contributed by atoms with Gasteiger partial charge in [0.25, 0.3) is 0 Å². The molecule has 0 unspecified atom stereocenters. The van der Waals surface area contributed by atoms with E-state index < -0.39 is 12.1 Å². The average Bonchev–Trinajstić information content (AvgIpc) is 2.77. The Kier molecular flexibility index (Phi) is 2.87. The second-order valence-electron chi connectivity index (χ2n) is 3.59. The lowest BCUT2D eigenvalue weighted by atomic mass is 10.1. The molecule has 0 saturated carbocycles. The first-order valence-corrected chi connectivity index (χ1v) is 5.00. The van der Waals surface area contributed by atoms with Crippen molar-refractivity contribution < 1.29 is 18.0 Å². The maximum atomic E-state index is 12.2. The first kappa shape index (κ1) is 11.6. The van der Waals surface area contributed by atoms with E-state index in [2.05, 4.69) is 5.10 Å². The summed E-state index contributed by atoms with van der Waals surface area (Å²) in [7, 11) is 0. The first-order chi connectivity index (χ1) is 7.98. The van der Waals surface area contributed by atoms with Crippen LogP contribution in [0.15, 0.2) is 35.4 Å². The molecule has 1 aliphatic rings. The quantitative estimate of drug-likeness (QED) is 0.743. The molecule has 1 aromatic carbocycles. The van der Waals surface area contributed by atoms with Gasteiger partial charge in [0.2, 0.25) is 0 Å². The van der Waals surface area contributed by atoms with Crippen molar-refractivity contribution in [3.63, 3.8) is 0 Å². The summed E-state index contributed by atoms with van der Waals surface area (Å²) in [5, 5.41) is 4.18. The number of hydrogen-bond acceptors (Lipinski definition) is 2. The highest BCUT2D eigenvalue weighted by Gasteiger charge is 2.44. The van der Waals surface area contributed by atoms with Crippen LogP contribution in [0.5, 0.6) is 0 Å². The highest BCUT2D eigenvalue weighted by Crippen LogP contribution is 2.22. The van der Waals surface area contributed by atoms with Gasteiger partial charge in [-0.1, -0.05) is 30.3 Å². The third kappa shape index (κ3) is 2.46. The Labute approximate surface area is 95.5 Å². The van der Waals surface area contributed by atoms with Gasteiger partial charge in [0.1, 0.15) is 0 Å². The molecule has 3 nitrogen and oxygen atoms in total. The largest absolute Gasteiger partial charge is 0.473 e. The Morgan fingerprint density at radius 3 is 2.47 bits per heavy atom. The van der Waals surface area contributed by atoms with Gasteiger partial charge in [0, 0.05) is 6.42 Å². The highest BCUT2D eigenvalue weighted by molar-refractivity contribution is 6.02. The van der Waals surface area contributed by atoms with Gasteiger partial charge < -0.3 is 0 Å². The standard InChI is InChI=1S/C11H9F3N2O/c12-11(13,14)10(17)16-7-6-9(15-16)8-4-2-1-3-5-8/h1-5H,6-7H2. The molecule has 0 aliphatic carbocycles. The fourth-order valence-electron chi connectivity index (χ4n) is 1.58. The molecule has 0 atom stereocenters. The number of carbonyl (C=O) groups excluding carboxylic acids is 1. The second-order valence-corrected chi connectivity index (χ2v) is 3.59. The summed E-state index contributed by atoms with van der Waals surface area (Å²) in [6.07, 6.45) is -4.53. The lowest BCUT2D eigenvalue weighted by Gasteiger charge is -2.12. The van der Waals surface area contributed by atoms with E-state index in [4.69, 9.17) is 0 Å². The van der Waals surface area contributed by atoms with Gasteiger partial charge in [0.15, 0.2) is 0 Å². The molecule has 1 aromatic rings. The first-order valence-electron chi connectivity index (χ1n) is 5.00. The van der Waals surface area contributed by atoms with Crippen LogP contribution in [0.25, 0.3) is 0 Å². The number of alkyl halides is 3. The number of benzene rings is 1. The van der Waals surface area contributed by atoms with Crippen molar-refractivity contribution in [3.8, 4) is 0 Å². The Balaban J connectivity index is 2.18. The number of nitrogens with zero attached hydrogens (tertiary/aromatic N) is 2. The summed E-state index contributed by atoms with van der Waals surface area (Å²) in [5.41, 5.74) is 1.24. The van der Waals surface area contributed by atoms with E-state index in [-0.39, 0.29) is 6.54 Å². The fourth-order valence-corrected chi connectivity index (χ4v) is 1.58. The molecule has 0 bridgehead atoms. The third-order valence-electron chi connectivity index (χ3n) is 2.39. The Morgan fingerprint density at radius 2 is 1.88 bits per heavy atom. The smallest absolute Gasteiger partial charge is 0.262 e. The molecule has 2 rings (SSSR count). The van der Waals surface area contributed by atoms with Crippen LogP contribution in [-0.4, -0.2) is 29.3 Å². The molecular formula is C11H9F3N2O. The van der Waals surface area contributed by atoms with Crippen LogP contribution in [0.3, 0.4) is 0 Å². The van der Waals surface area contributed by atoms with E-state index in [1.165, 1.54) is 0 Å². The summed E-state index contributed by atoms with van der Waals surface area (Å²) in [6, 6.07) is 8.84. The van der Waals surface area contributed by atoms with Crippen molar-refractivity contribution in [2.75, 3.05) is 6.54 Å². The van der Waals surface area contributed by atoms with Crippen molar-refractivity contribution in [3.05, 3.63) is 35.9 Å². The van der Waals surface area contributed by atoms with Crippen molar-refractivity contribution in [1.29, 1.82) is 0 Å². The summed E-state index contributed by atoms with van der Waals surface area (Å²) >= 11 is 0. The molecule has 1 amide bonds. The number of hydrogen-bond donors (Lipinski definition) is 0. The molecule has 0 N–H and O–H groups in total. The van der Waals surface area contributed by atoms with E-state index >= 15 is 0 Å².